The molecule has 3 heteroatoms. The predicted octanol–water partition coefficient (Wildman–Crippen LogP) is 12.3. The normalized spacial score (nSPS) is 11.7. The first-order chi connectivity index (χ1) is 23.7. The highest BCUT2D eigenvalue weighted by Gasteiger charge is 2.21. The molecule has 8 rings (SSSR count). The molecule has 0 saturated heterocycles. The molecule has 7 aromatic carbocycles. The predicted molar refractivity (Wildman–Crippen MR) is 207 cm³/mol. The van der Waals surface area contributed by atoms with Gasteiger partial charge in [0, 0.05) is 39.6 Å². The number of allylic oxidation sites excluding steroid dienone is 4. The van der Waals surface area contributed by atoms with Crippen LogP contribution in [0.2, 0.25) is 0 Å². The van der Waals surface area contributed by atoms with Gasteiger partial charge in [0.15, 0.2) is 0 Å². The SMILES string of the molecule is C=C/C=C(\C=C)c1cc(-c2ccccc2)cc(-n2c3ccc(Nc4ccccc4)c(C=N)c3c3c4ccc5ccccc5c4ccc32)c1. The third-order valence-corrected chi connectivity index (χ3v) is 9.19. The van der Waals surface area contributed by atoms with E-state index in [0.29, 0.717) is 0 Å². The molecule has 0 amide bonds. The Kier molecular flexibility index (Phi) is 7.28. The molecule has 2 N–H and O–H groups in total. The number of nitrogens with one attached hydrogen (secondary N) is 2. The van der Waals surface area contributed by atoms with Crippen LogP contribution in [0, 0.1) is 5.41 Å². The fourth-order valence-electron chi connectivity index (χ4n) is 7.04. The first-order valence-corrected chi connectivity index (χ1v) is 16.1. The van der Waals surface area contributed by atoms with Crippen molar-refractivity contribution in [3.05, 3.63) is 182 Å². The Morgan fingerprint density at radius 1 is 0.625 bits per heavy atom. The first kappa shape index (κ1) is 29.0. The highest BCUT2D eigenvalue weighted by atomic mass is 15.0. The van der Waals surface area contributed by atoms with Crippen molar-refractivity contribution >= 4 is 66.5 Å². The van der Waals surface area contributed by atoms with Gasteiger partial charge in [-0.2, -0.15) is 0 Å². The topological polar surface area (TPSA) is 40.8 Å². The van der Waals surface area contributed by atoms with Gasteiger partial charge in [0.05, 0.1) is 11.0 Å². The lowest BCUT2D eigenvalue weighted by atomic mass is 9.96. The average molecular weight is 616 g/mol. The summed E-state index contributed by atoms with van der Waals surface area (Å²) in [6.45, 7) is 8.08. The molecule has 0 saturated carbocycles. The number of para-hydroxylation sites is 1. The van der Waals surface area contributed by atoms with E-state index in [2.05, 4.69) is 126 Å². The fraction of sp³-hybridized carbons (Fsp3) is 0. The lowest BCUT2D eigenvalue weighted by molar-refractivity contribution is 1.18. The van der Waals surface area contributed by atoms with E-state index in [0.717, 1.165) is 72.1 Å². The Labute approximate surface area is 279 Å². The largest absolute Gasteiger partial charge is 0.355 e. The number of aromatic nitrogens is 1. The number of rotatable bonds is 8. The van der Waals surface area contributed by atoms with Crippen molar-refractivity contribution in [3.8, 4) is 16.8 Å². The Morgan fingerprint density at radius 3 is 2.10 bits per heavy atom. The van der Waals surface area contributed by atoms with Gasteiger partial charge in [-0.3, -0.25) is 0 Å². The zero-order valence-electron chi connectivity index (χ0n) is 26.4. The maximum absolute atomic E-state index is 8.77. The van der Waals surface area contributed by atoms with E-state index in [9.17, 15) is 0 Å². The number of nitrogens with zero attached hydrogens (tertiary/aromatic N) is 1. The Balaban J connectivity index is 1.51. The monoisotopic (exact) mass is 615 g/mol. The first-order valence-electron chi connectivity index (χ1n) is 16.1. The van der Waals surface area contributed by atoms with E-state index in [1.807, 2.05) is 48.6 Å². The molecule has 0 fully saturated rings. The van der Waals surface area contributed by atoms with Crippen LogP contribution in [0.15, 0.2) is 171 Å². The van der Waals surface area contributed by atoms with E-state index in [-0.39, 0.29) is 0 Å². The summed E-state index contributed by atoms with van der Waals surface area (Å²) in [6, 6.07) is 49.1. The smallest absolute Gasteiger partial charge is 0.0549 e. The van der Waals surface area contributed by atoms with Gasteiger partial charge >= 0.3 is 0 Å². The second-order valence-corrected chi connectivity index (χ2v) is 11.9. The van der Waals surface area contributed by atoms with Crippen LogP contribution in [0.1, 0.15) is 11.1 Å². The lowest BCUT2D eigenvalue weighted by Crippen LogP contribution is -1.99. The molecule has 0 atom stereocenters. The van der Waals surface area contributed by atoms with Crippen molar-refractivity contribution < 1.29 is 0 Å². The molecule has 0 aliphatic carbocycles. The molecule has 8 aromatic rings. The van der Waals surface area contributed by atoms with Crippen LogP contribution in [-0.4, -0.2) is 10.8 Å². The maximum Gasteiger partial charge on any atom is 0.0549 e. The van der Waals surface area contributed by atoms with E-state index >= 15 is 0 Å². The summed E-state index contributed by atoms with van der Waals surface area (Å²) in [5.74, 6) is 0. The van der Waals surface area contributed by atoms with Crippen LogP contribution in [-0.2, 0) is 0 Å². The van der Waals surface area contributed by atoms with Crippen molar-refractivity contribution in [1.29, 1.82) is 5.41 Å². The Hall–Kier alpha value is -6.45. The maximum atomic E-state index is 8.77. The van der Waals surface area contributed by atoms with Crippen molar-refractivity contribution in [2.45, 2.75) is 0 Å². The standard InChI is InChI=1S/C45H33N3/c1-3-13-30(4-2)33-26-34(31-14-7-5-8-15-31)28-36(27-33)48-42-24-22-38-37-19-12-11-16-32(37)20-21-39(38)44(42)45-40(29-46)41(23-25-43(45)48)47-35-17-9-6-10-18-35/h3-29,46-47H,1-2H2/b30-13+,46-29?. The van der Waals surface area contributed by atoms with E-state index in [4.69, 9.17) is 5.41 Å². The second kappa shape index (κ2) is 12.1. The number of fused-ring (bicyclic) bond motifs is 7. The highest BCUT2D eigenvalue weighted by Crippen LogP contribution is 2.43. The number of benzene rings is 7. The second-order valence-electron chi connectivity index (χ2n) is 11.9. The van der Waals surface area contributed by atoms with Crippen LogP contribution in [0.4, 0.5) is 11.4 Å². The quantitative estimate of drug-likeness (QED) is 0.0996. The molecule has 0 aliphatic rings. The van der Waals surface area contributed by atoms with Gasteiger partial charge in [-0.05, 0) is 92.3 Å². The highest BCUT2D eigenvalue weighted by molar-refractivity contribution is 6.29. The molecular weight excluding hydrogens is 583 g/mol. The third kappa shape index (κ3) is 4.81. The van der Waals surface area contributed by atoms with Gasteiger partial charge in [-0.25, -0.2) is 0 Å². The van der Waals surface area contributed by atoms with Crippen molar-refractivity contribution in [1.82, 2.24) is 4.57 Å². The number of hydrogen-bond donors (Lipinski definition) is 2. The van der Waals surface area contributed by atoms with Gasteiger partial charge in [0.1, 0.15) is 0 Å². The minimum absolute atomic E-state index is 0.846. The van der Waals surface area contributed by atoms with Gasteiger partial charge in [-0.15, -0.1) is 0 Å². The number of anilines is 2. The summed E-state index contributed by atoms with van der Waals surface area (Å²) in [5, 5.41) is 19.3. The van der Waals surface area contributed by atoms with Crippen LogP contribution < -0.4 is 5.32 Å². The van der Waals surface area contributed by atoms with Crippen molar-refractivity contribution in [2.24, 2.45) is 0 Å². The summed E-state index contributed by atoms with van der Waals surface area (Å²) in [5.41, 5.74) is 10.2. The summed E-state index contributed by atoms with van der Waals surface area (Å²) in [4.78, 5) is 0. The molecular formula is C45H33N3. The average Bonchev–Trinajstić information content (AvgIpc) is 3.49. The molecule has 0 aliphatic heterocycles. The molecule has 1 aromatic heterocycles. The molecule has 0 unspecified atom stereocenters. The van der Waals surface area contributed by atoms with Crippen LogP contribution >= 0.6 is 0 Å². The zero-order valence-corrected chi connectivity index (χ0v) is 26.4. The molecule has 1 heterocycles. The summed E-state index contributed by atoms with van der Waals surface area (Å²) in [7, 11) is 0. The molecule has 0 radical (unpaired) electrons. The minimum Gasteiger partial charge on any atom is -0.355 e. The van der Waals surface area contributed by atoms with Gasteiger partial charge in [0.25, 0.3) is 0 Å². The Morgan fingerprint density at radius 2 is 1.33 bits per heavy atom. The molecule has 3 nitrogen and oxygen atoms in total. The molecule has 0 spiro atoms. The van der Waals surface area contributed by atoms with E-state index < -0.39 is 0 Å². The molecule has 48 heavy (non-hydrogen) atoms. The number of hydrogen-bond acceptors (Lipinski definition) is 2. The van der Waals surface area contributed by atoms with Crippen LogP contribution in [0.5, 0.6) is 0 Å². The third-order valence-electron chi connectivity index (χ3n) is 9.19. The van der Waals surface area contributed by atoms with Crippen LogP contribution in [0.3, 0.4) is 0 Å². The van der Waals surface area contributed by atoms with Gasteiger partial charge in [0.2, 0.25) is 0 Å². The van der Waals surface area contributed by atoms with Gasteiger partial charge in [-0.1, -0.05) is 122 Å². The summed E-state index contributed by atoms with van der Waals surface area (Å²) >= 11 is 0. The Bertz CT molecular complexity index is 2570. The molecule has 0 bridgehead atoms. The molecule has 228 valence electrons. The van der Waals surface area contributed by atoms with E-state index in [1.165, 1.54) is 22.4 Å². The zero-order chi connectivity index (χ0) is 32.6. The van der Waals surface area contributed by atoms with Crippen LogP contribution in [0.25, 0.3) is 65.7 Å². The minimum atomic E-state index is 0.846. The van der Waals surface area contributed by atoms with Crippen molar-refractivity contribution in [2.75, 3.05) is 5.32 Å². The summed E-state index contributed by atoms with van der Waals surface area (Å²) in [6.07, 6.45) is 7.18. The summed E-state index contributed by atoms with van der Waals surface area (Å²) < 4.78 is 2.35. The fourth-order valence-corrected chi connectivity index (χ4v) is 7.04. The van der Waals surface area contributed by atoms with Crippen molar-refractivity contribution in [3.63, 3.8) is 0 Å². The lowest BCUT2D eigenvalue weighted by Gasteiger charge is -2.15. The van der Waals surface area contributed by atoms with E-state index in [1.54, 1.807) is 6.08 Å². The van der Waals surface area contributed by atoms with Gasteiger partial charge < -0.3 is 15.3 Å².